The van der Waals surface area contributed by atoms with Crippen molar-refractivity contribution in [1.29, 1.82) is 0 Å². The summed E-state index contributed by atoms with van der Waals surface area (Å²) >= 11 is 0. The van der Waals surface area contributed by atoms with Gasteiger partial charge >= 0.3 is 0 Å². The van der Waals surface area contributed by atoms with Crippen LogP contribution in [0.1, 0.15) is 52.4 Å². The van der Waals surface area contributed by atoms with E-state index in [1.165, 1.54) is 51.6 Å². The summed E-state index contributed by atoms with van der Waals surface area (Å²) in [6.45, 7) is 7.42. The van der Waals surface area contributed by atoms with E-state index in [1.807, 2.05) is 0 Å². The summed E-state index contributed by atoms with van der Waals surface area (Å²) in [7, 11) is 2.25. The van der Waals surface area contributed by atoms with Crippen LogP contribution in [0.2, 0.25) is 0 Å². The molecule has 0 aromatic rings. The Balaban J connectivity index is 1.77. The molecule has 3 unspecified atom stereocenters. The van der Waals surface area contributed by atoms with E-state index in [1.54, 1.807) is 0 Å². The van der Waals surface area contributed by atoms with E-state index in [2.05, 4.69) is 31.1 Å². The summed E-state index contributed by atoms with van der Waals surface area (Å²) in [6, 6.07) is 1.51. The number of hydrogen-bond acceptors (Lipinski definition) is 2. The number of piperidine rings is 1. The summed E-state index contributed by atoms with van der Waals surface area (Å²) in [5.41, 5.74) is 0. The minimum atomic E-state index is 0.717. The Bertz CT molecular complexity index is 221. The van der Waals surface area contributed by atoms with E-state index in [0.29, 0.717) is 6.04 Å². The third-order valence-corrected chi connectivity index (χ3v) is 5.06. The highest BCUT2D eigenvalue weighted by atomic mass is 15.1. The van der Waals surface area contributed by atoms with E-state index in [-0.39, 0.29) is 0 Å². The lowest BCUT2D eigenvalue weighted by atomic mass is 9.83. The van der Waals surface area contributed by atoms with Gasteiger partial charge in [0.05, 0.1) is 0 Å². The van der Waals surface area contributed by atoms with Gasteiger partial charge in [0.1, 0.15) is 0 Å². The highest BCUT2D eigenvalue weighted by molar-refractivity contribution is 4.85. The fraction of sp³-hybridized carbons (Fsp3) is 1.00. The van der Waals surface area contributed by atoms with E-state index < -0.39 is 0 Å². The topological polar surface area (TPSA) is 15.3 Å². The fourth-order valence-corrected chi connectivity index (χ4v) is 3.57. The summed E-state index contributed by atoms with van der Waals surface area (Å²) in [5, 5.41) is 3.93. The van der Waals surface area contributed by atoms with Crippen molar-refractivity contribution in [2.75, 3.05) is 20.1 Å². The quantitative estimate of drug-likeness (QED) is 0.813. The first-order valence-electron chi connectivity index (χ1n) is 7.61. The maximum Gasteiger partial charge on any atom is 0.00952 e. The summed E-state index contributed by atoms with van der Waals surface area (Å²) in [5.74, 6) is 1.79. The molecule has 2 heteroatoms. The Morgan fingerprint density at radius 1 is 1.06 bits per heavy atom. The van der Waals surface area contributed by atoms with Crippen LogP contribution < -0.4 is 5.32 Å². The first-order valence-corrected chi connectivity index (χ1v) is 7.61. The van der Waals surface area contributed by atoms with Crippen molar-refractivity contribution in [3.05, 3.63) is 0 Å². The van der Waals surface area contributed by atoms with Crippen LogP contribution >= 0.6 is 0 Å². The zero-order chi connectivity index (χ0) is 12.3. The van der Waals surface area contributed by atoms with Crippen LogP contribution in [-0.2, 0) is 0 Å². The van der Waals surface area contributed by atoms with E-state index in [9.17, 15) is 0 Å². The number of nitrogens with zero attached hydrogens (tertiary/aromatic N) is 1. The largest absolute Gasteiger partial charge is 0.311 e. The van der Waals surface area contributed by atoms with Crippen molar-refractivity contribution in [2.24, 2.45) is 11.8 Å². The molecule has 2 aliphatic rings. The van der Waals surface area contributed by atoms with Crippen LogP contribution in [0.15, 0.2) is 0 Å². The number of hydrogen-bond donors (Lipinski definition) is 1. The van der Waals surface area contributed by atoms with Crippen molar-refractivity contribution >= 4 is 0 Å². The molecule has 0 bridgehead atoms. The molecule has 0 radical (unpaired) electrons. The second-order valence-electron chi connectivity index (χ2n) is 6.46. The lowest BCUT2D eigenvalue weighted by molar-refractivity contribution is 0.167. The molecule has 1 saturated heterocycles. The Kier molecular flexibility index (Phi) is 4.87. The molecule has 1 N–H and O–H groups in total. The van der Waals surface area contributed by atoms with Crippen molar-refractivity contribution in [1.82, 2.24) is 10.2 Å². The molecule has 17 heavy (non-hydrogen) atoms. The Morgan fingerprint density at radius 3 is 2.35 bits per heavy atom. The van der Waals surface area contributed by atoms with Crippen LogP contribution in [0, 0.1) is 11.8 Å². The van der Waals surface area contributed by atoms with Crippen LogP contribution in [-0.4, -0.2) is 37.1 Å². The number of likely N-dealkylation sites (tertiary alicyclic amines) is 1. The first kappa shape index (κ1) is 13.4. The molecule has 2 fully saturated rings. The highest BCUT2D eigenvalue weighted by Gasteiger charge is 2.27. The molecule has 1 aliphatic carbocycles. The molecule has 0 aromatic carbocycles. The summed E-state index contributed by atoms with van der Waals surface area (Å²) in [4.78, 5) is 2.46. The van der Waals surface area contributed by atoms with Crippen LogP contribution in [0.4, 0.5) is 0 Å². The van der Waals surface area contributed by atoms with Crippen LogP contribution in [0.25, 0.3) is 0 Å². The molecule has 3 atom stereocenters. The minimum absolute atomic E-state index is 0.717. The Hall–Kier alpha value is -0.0800. The number of rotatable bonds is 3. The summed E-state index contributed by atoms with van der Waals surface area (Å²) < 4.78 is 0. The average Bonchev–Trinajstić information content (AvgIpc) is 2.33. The molecular formula is C15H30N2. The molecule has 1 heterocycles. The van der Waals surface area contributed by atoms with E-state index >= 15 is 0 Å². The lowest BCUT2D eigenvalue weighted by Crippen LogP contribution is -2.47. The zero-order valence-corrected chi connectivity index (χ0v) is 11.9. The van der Waals surface area contributed by atoms with Gasteiger partial charge in [-0.2, -0.15) is 0 Å². The standard InChI is InChI=1S/C15H30N2/c1-12-6-4-5-7-15(12)16-13(2)14-8-10-17(3)11-9-14/h12-16H,4-11H2,1-3H3. The molecule has 1 saturated carbocycles. The maximum absolute atomic E-state index is 3.93. The predicted molar refractivity (Wildman–Crippen MR) is 74.2 cm³/mol. The Morgan fingerprint density at radius 2 is 1.71 bits per heavy atom. The molecule has 2 nitrogen and oxygen atoms in total. The second-order valence-corrected chi connectivity index (χ2v) is 6.46. The smallest absolute Gasteiger partial charge is 0.00952 e. The fourth-order valence-electron chi connectivity index (χ4n) is 3.57. The molecular weight excluding hydrogens is 208 g/mol. The molecule has 0 aromatic heterocycles. The van der Waals surface area contributed by atoms with Crippen molar-refractivity contribution in [3.63, 3.8) is 0 Å². The molecule has 1 aliphatic heterocycles. The summed E-state index contributed by atoms with van der Waals surface area (Å²) in [6.07, 6.45) is 8.47. The highest BCUT2D eigenvalue weighted by Crippen LogP contribution is 2.26. The zero-order valence-electron chi connectivity index (χ0n) is 11.9. The van der Waals surface area contributed by atoms with Gasteiger partial charge in [-0.25, -0.2) is 0 Å². The van der Waals surface area contributed by atoms with Gasteiger partial charge in [-0.1, -0.05) is 19.8 Å². The molecule has 2 rings (SSSR count). The van der Waals surface area contributed by atoms with Gasteiger partial charge in [0.2, 0.25) is 0 Å². The monoisotopic (exact) mass is 238 g/mol. The van der Waals surface area contributed by atoms with Crippen molar-refractivity contribution < 1.29 is 0 Å². The van der Waals surface area contributed by atoms with E-state index in [4.69, 9.17) is 0 Å². The molecule has 0 amide bonds. The average molecular weight is 238 g/mol. The maximum atomic E-state index is 3.93. The van der Waals surface area contributed by atoms with Gasteiger partial charge < -0.3 is 10.2 Å². The Labute approximate surface area is 107 Å². The van der Waals surface area contributed by atoms with Gasteiger partial charge in [0.25, 0.3) is 0 Å². The lowest BCUT2D eigenvalue weighted by Gasteiger charge is -2.38. The van der Waals surface area contributed by atoms with Crippen LogP contribution in [0.5, 0.6) is 0 Å². The predicted octanol–water partition coefficient (Wildman–Crippen LogP) is 2.89. The van der Waals surface area contributed by atoms with Gasteiger partial charge in [0, 0.05) is 12.1 Å². The third kappa shape index (κ3) is 3.69. The van der Waals surface area contributed by atoms with E-state index in [0.717, 1.165) is 17.9 Å². The normalized spacial score (nSPS) is 34.8. The van der Waals surface area contributed by atoms with Crippen molar-refractivity contribution in [3.8, 4) is 0 Å². The minimum Gasteiger partial charge on any atom is -0.311 e. The first-order chi connectivity index (χ1) is 8.16. The van der Waals surface area contributed by atoms with Gasteiger partial charge in [0.15, 0.2) is 0 Å². The van der Waals surface area contributed by atoms with Crippen molar-refractivity contribution in [2.45, 2.75) is 64.5 Å². The van der Waals surface area contributed by atoms with Crippen LogP contribution in [0.3, 0.4) is 0 Å². The third-order valence-electron chi connectivity index (χ3n) is 5.06. The molecule has 0 spiro atoms. The molecule has 100 valence electrons. The number of nitrogens with one attached hydrogen (secondary N) is 1. The van der Waals surface area contributed by atoms with Gasteiger partial charge in [-0.05, 0) is 64.6 Å². The second kappa shape index (κ2) is 6.19. The van der Waals surface area contributed by atoms with Gasteiger partial charge in [-0.3, -0.25) is 0 Å². The van der Waals surface area contributed by atoms with Gasteiger partial charge in [-0.15, -0.1) is 0 Å². The SMILES string of the molecule is CC1CCCCC1NC(C)C1CCN(C)CC1.